The number of fused-ring (bicyclic) bond motifs is 4. The van der Waals surface area contributed by atoms with E-state index in [1.807, 2.05) is 52.0 Å². The molecule has 194 valence electrons. The van der Waals surface area contributed by atoms with Crippen LogP contribution in [-0.4, -0.2) is 43.4 Å². The third kappa shape index (κ3) is 4.72. The highest BCUT2D eigenvalue weighted by atomic mass is 32.1. The van der Waals surface area contributed by atoms with E-state index in [-0.39, 0.29) is 6.09 Å². The van der Waals surface area contributed by atoms with E-state index in [1.54, 1.807) is 34.7 Å². The van der Waals surface area contributed by atoms with Crippen LogP contribution in [0.4, 0.5) is 16.3 Å². The molecule has 1 aliphatic heterocycles. The number of hydrogen-bond donors (Lipinski definition) is 1. The van der Waals surface area contributed by atoms with Crippen molar-refractivity contribution in [2.75, 3.05) is 11.9 Å². The molecule has 1 amide bonds. The van der Waals surface area contributed by atoms with Crippen LogP contribution in [0, 0.1) is 6.92 Å². The number of amides is 1. The zero-order chi connectivity index (χ0) is 26.4. The van der Waals surface area contributed by atoms with Crippen molar-refractivity contribution in [1.29, 1.82) is 0 Å². The predicted molar refractivity (Wildman–Crippen MR) is 144 cm³/mol. The monoisotopic (exact) mass is 530 g/mol. The van der Waals surface area contributed by atoms with Crippen LogP contribution in [0.1, 0.15) is 36.8 Å². The lowest BCUT2D eigenvalue weighted by atomic mass is 10.1. The normalized spacial score (nSPS) is 13.5. The zero-order valence-electron chi connectivity index (χ0n) is 21.4. The third-order valence-corrected chi connectivity index (χ3v) is 7.30. The van der Waals surface area contributed by atoms with E-state index >= 15 is 0 Å². The molecule has 0 spiro atoms. The first-order valence-electron chi connectivity index (χ1n) is 12.2. The molecule has 3 aromatic heterocycles. The maximum absolute atomic E-state index is 12.6. The molecule has 5 aromatic rings. The van der Waals surface area contributed by atoms with Gasteiger partial charge in [-0.25, -0.2) is 19.4 Å². The van der Waals surface area contributed by atoms with Crippen molar-refractivity contribution in [3.8, 4) is 11.5 Å². The Hall–Kier alpha value is -4.25. The van der Waals surface area contributed by atoms with E-state index in [2.05, 4.69) is 25.6 Å². The van der Waals surface area contributed by atoms with Gasteiger partial charge >= 0.3 is 6.09 Å². The van der Waals surface area contributed by atoms with Gasteiger partial charge in [0.15, 0.2) is 0 Å². The Morgan fingerprint density at radius 2 is 1.95 bits per heavy atom. The standard InChI is InChI=1S/C27H26N6O4S/c1-15-11-16(5-8-21(15)35-17-6-7-19-20(12-17)32-37-31-19)30-24-23-18-9-10-33(26(34)36-27(2,3)4)13-22(18)38-25(23)29-14-28-24/h5-8,11-12,14H,9-10,13H2,1-4H3,(H,28,29,30). The third-order valence-electron chi connectivity index (χ3n) is 6.18. The first-order valence-corrected chi connectivity index (χ1v) is 13.1. The molecule has 1 aliphatic rings. The molecule has 11 heteroatoms. The second-order valence-electron chi connectivity index (χ2n) is 10.2. The van der Waals surface area contributed by atoms with Crippen molar-refractivity contribution < 1.29 is 18.9 Å². The molecule has 0 bridgehead atoms. The van der Waals surface area contributed by atoms with Crippen LogP contribution >= 0.6 is 11.3 Å². The molecule has 0 saturated heterocycles. The van der Waals surface area contributed by atoms with Gasteiger partial charge in [-0.2, -0.15) is 0 Å². The predicted octanol–water partition coefficient (Wildman–Crippen LogP) is 6.37. The molecule has 2 aromatic carbocycles. The Kier molecular flexibility index (Phi) is 5.87. The lowest BCUT2D eigenvalue weighted by Crippen LogP contribution is -2.39. The summed E-state index contributed by atoms with van der Waals surface area (Å²) in [6, 6.07) is 11.3. The summed E-state index contributed by atoms with van der Waals surface area (Å²) < 4.78 is 16.4. The summed E-state index contributed by atoms with van der Waals surface area (Å²) in [4.78, 5) is 25.4. The number of anilines is 2. The minimum atomic E-state index is -0.527. The summed E-state index contributed by atoms with van der Waals surface area (Å²) in [5, 5.41) is 12.2. The van der Waals surface area contributed by atoms with Gasteiger partial charge in [0.2, 0.25) is 0 Å². The summed E-state index contributed by atoms with van der Waals surface area (Å²) in [5.41, 5.74) is 3.82. The van der Waals surface area contributed by atoms with Crippen LogP contribution in [0.2, 0.25) is 0 Å². The Balaban J connectivity index is 1.22. The van der Waals surface area contributed by atoms with Gasteiger partial charge in [-0.3, -0.25) is 0 Å². The fraction of sp³-hybridized carbons (Fsp3) is 0.296. The highest BCUT2D eigenvalue weighted by Gasteiger charge is 2.29. The molecule has 0 atom stereocenters. The number of aromatic nitrogens is 4. The maximum atomic E-state index is 12.6. The van der Waals surface area contributed by atoms with Gasteiger partial charge in [0.1, 0.15) is 45.1 Å². The van der Waals surface area contributed by atoms with E-state index in [0.29, 0.717) is 36.3 Å². The number of ether oxygens (including phenoxy) is 2. The fourth-order valence-electron chi connectivity index (χ4n) is 4.44. The smallest absolute Gasteiger partial charge is 0.410 e. The summed E-state index contributed by atoms with van der Waals surface area (Å²) in [7, 11) is 0. The first kappa shape index (κ1) is 24.1. The Bertz CT molecular complexity index is 1670. The minimum Gasteiger partial charge on any atom is -0.457 e. The van der Waals surface area contributed by atoms with Gasteiger partial charge in [-0.1, -0.05) is 0 Å². The molecular formula is C27H26N6O4S. The Morgan fingerprint density at radius 1 is 1.11 bits per heavy atom. The molecule has 0 fully saturated rings. The highest BCUT2D eigenvalue weighted by molar-refractivity contribution is 7.19. The molecule has 0 unspecified atom stereocenters. The lowest BCUT2D eigenvalue weighted by molar-refractivity contribution is 0.0227. The molecular weight excluding hydrogens is 504 g/mol. The number of carbonyl (C=O) groups is 1. The second kappa shape index (κ2) is 9.25. The van der Waals surface area contributed by atoms with Crippen molar-refractivity contribution >= 4 is 50.2 Å². The van der Waals surface area contributed by atoms with Crippen molar-refractivity contribution in [2.45, 2.75) is 46.3 Å². The van der Waals surface area contributed by atoms with Crippen LogP contribution in [0.25, 0.3) is 21.3 Å². The summed E-state index contributed by atoms with van der Waals surface area (Å²) in [6.07, 6.45) is 1.99. The number of nitrogens with zero attached hydrogens (tertiary/aromatic N) is 5. The van der Waals surface area contributed by atoms with Crippen LogP contribution in [-0.2, 0) is 17.7 Å². The number of benzene rings is 2. The van der Waals surface area contributed by atoms with Crippen LogP contribution in [0.15, 0.2) is 47.4 Å². The minimum absolute atomic E-state index is 0.291. The van der Waals surface area contributed by atoms with Crippen molar-refractivity contribution in [1.82, 2.24) is 25.2 Å². The summed E-state index contributed by atoms with van der Waals surface area (Å²) in [6.45, 7) is 8.72. The van der Waals surface area contributed by atoms with Gasteiger partial charge in [0.25, 0.3) is 0 Å². The van der Waals surface area contributed by atoms with E-state index < -0.39 is 5.60 Å². The molecule has 10 nitrogen and oxygen atoms in total. The van der Waals surface area contributed by atoms with Gasteiger partial charge < -0.3 is 19.7 Å². The topological polar surface area (TPSA) is 116 Å². The van der Waals surface area contributed by atoms with Crippen molar-refractivity contribution in [2.24, 2.45) is 0 Å². The van der Waals surface area contributed by atoms with E-state index in [4.69, 9.17) is 14.1 Å². The summed E-state index contributed by atoms with van der Waals surface area (Å²) >= 11 is 1.60. The second-order valence-corrected chi connectivity index (χ2v) is 11.3. The van der Waals surface area contributed by atoms with E-state index in [9.17, 15) is 4.79 Å². The zero-order valence-corrected chi connectivity index (χ0v) is 22.3. The number of nitrogens with one attached hydrogen (secondary N) is 1. The molecule has 0 aliphatic carbocycles. The van der Waals surface area contributed by atoms with Gasteiger partial charge in [-0.15, -0.1) is 11.3 Å². The van der Waals surface area contributed by atoms with Crippen molar-refractivity contribution in [3.05, 3.63) is 58.7 Å². The Morgan fingerprint density at radius 3 is 2.76 bits per heavy atom. The molecule has 4 heterocycles. The van der Waals surface area contributed by atoms with E-state index in [0.717, 1.165) is 37.9 Å². The van der Waals surface area contributed by atoms with Crippen LogP contribution in [0.3, 0.4) is 0 Å². The summed E-state index contributed by atoms with van der Waals surface area (Å²) in [5.74, 6) is 2.13. The highest BCUT2D eigenvalue weighted by Crippen LogP contribution is 2.39. The van der Waals surface area contributed by atoms with E-state index in [1.165, 1.54) is 5.56 Å². The lowest BCUT2D eigenvalue weighted by Gasteiger charge is -2.30. The Labute approximate surface area is 222 Å². The van der Waals surface area contributed by atoms with Crippen LogP contribution < -0.4 is 10.1 Å². The van der Waals surface area contributed by atoms with Crippen LogP contribution in [0.5, 0.6) is 11.5 Å². The number of carbonyl (C=O) groups excluding carboxylic acids is 1. The number of rotatable bonds is 4. The largest absolute Gasteiger partial charge is 0.457 e. The molecule has 6 rings (SSSR count). The maximum Gasteiger partial charge on any atom is 0.410 e. The SMILES string of the molecule is Cc1cc(Nc2ncnc3sc4c(c23)CCN(C(=O)OC(C)(C)C)C4)ccc1Oc1ccc2nonc2c1. The van der Waals surface area contributed by atoms with Gasteiger partial charge in [0.05, 0.1) is 11.9 Å². The van der Waals surface area contributed by atoms with Gasteiger partial charge in [-0.05, 0) is 85.9 Å². The number of thiophene rings is 1. The average Bonchev–Trinajstić information content (AvgIpc) is 3.48. The molecule has 1 N–H and O–H groups in total. The fourth-order valence-corrected chi connectivity index (χ4v) is 5.64. The number of hydrogen-bond acceptors (Lipinski definition) is 10. The average molecular weight is 531 g/mol. The molecule has 0 saturated carbocycles. The first-order chi connectivity index (χ1) is 18.2. The molecule has 38 heavy (non-hydrogen) atoms. The quantitative estimate of drug-likeness (QED) is 0.283. The van der Waals surface area contributed by atoms with Crippen molar-refractivity contribution in [3.63, 3.8) is 0 Å². The number of aryl methyl sites for hydroxylation is 1. The molecule has 0 radical (unpaired) electrons. The van der Waals surface area contributed by atoms with Gasteiger partial charge in [0, 0.05) is 23.2 Å².